The van der Waals surface area contributed by atoms with Crippen molar-refractivity contribution >= 4 is 44.8 Å². The molecule has 0 saturated heterocycles. The van der Waals surface area contributed by atoms with Crippen LogP contribution in [-0.2, 0) is 0 Å². The van der Waals surface area contributed by atoms with Crippen molar-refractivity contribution in [3.8, 4) is 17.2 Å². The number of halogens is 1. The van der Waals surface area contributed by atoms with E-state index in [1.54, 1.807) is 24.3 Å². The highest BCUT2D eigenvalue weighted by molar-refractivity contribution is 9.10. The van der Waals surface area contributed by atoms with Gasteiger partial charge in [0.05, 0.1) is 0 Å². The molecule has 0 radical (unpaired) electrons. The van der Waals surface area contributed by atoms with Crippen molar-refractivity contribution in [2.75, 3.05) is 6.26 Å². The number of amidine groups is 1. The molecule has 3 N–H and O–H groups in total. The molecule has 0 saturated carbocycles. The van der Waals surface area contributed by atoms with E-state index in [-0.39, 0.29) is 17.2 Å². The summed E-state index contributed by atoms with van der Waals surface area (Å²) in [6.45, 7) is 0. The van der Waals surface area contributed by atoms with Gasteiger partial charge in [0.2, 0.25) is 5.17 Å². The number of thioether (sulfide) groups is 1. The van der Waals surface area contributed by atoms with E-state index in [1.165, 1.54) is 30.1 Å². The maximum Gasteiger partial charge on any atom is 0.208 e. The third kappa shape index (κ3) is 5.49. The van der Waals surface area contributed by atoms with Crippen LogP contribution < -0.4 is 0 Å². The molecule has 0 amide bonds. The summed E-state index contributed by atoms with van der Waals surface area (Å²) in [4.78, 5) is 4.31. The van der Waals surface area contributed by atoms with Crippen molar-refractivity contribution in [1.82, 2.24) is 0 Å². The van der Waals surface area contributed by atoms with E-state index in [4.69, 9.17) is 0 Å². The van der Waals surface area contributed by atoms with Gasteiger partial charge < -0.3 is 15.3 Å². The average molecular weight is 484 g/mol. The van der Waals surface area contributed by atoms with Crippen molar-refractivity contribution < 1.29 is 15.3 Å². The van der Waals surface area contributed by atoms with Gasteiger partial charge in [0, 0.05) is 33.4 Å². The van der Waals surface area contributed by atoms with Crippen LogP contribution in [0.1, 0.15) is 16.7 Å². The highest BCUT2D eigenvalue weighted by Gasteiger charge is 2.12. The molecule has 0 unspecified atom stereocenters. The van der Waals surface area contributed by atoms with Gasteiger partial charge in [-0.1, -0.05) is 58.0 Å². The highest BCUT2D eigenvalue weighted by atomic mass is 79.9. The number of rotatable bonds is 4. The molecule has 0 heterocycles. The monoisotopic (exact) mass is 483 g/mol. The minimum absolute atomic E-state index is 0.0459. The first kappa shape index (κ1) is 21.6. The summed E-state index contributed by atoms with van der Waals surface area (Å²) in [6, 6.07) is 18.6. The van der Waals surface area contributed by atoms with Crippen molar-refractivity contribution in [3.05, 3.63) is 87.9 Å². The van der Waals surface area contributed by atoms with Crippen LogP contribution in [0.25, 0.3) is 0 Å². The summed E-state index contributed by atoms with van der Waals surface area (Å²) in [6.07, 6.45) is 3.32. The van der Waals surface area contributed by atoms with Crippen LogP contribution in [-0.4, -0.2) is 38.7 Å². The number of nitrogens with zero attached hydrogens (tertiary/aromatic N) is 3. The first-order valence-corrected chi connectivity index (χ1v) is 10.8. The second-order valence-corrected chi connectivity index (χ2v) is 7.75. The van der Waals surface area contributed by atoms with E-state index in [1.807, 2.05) is 36.6 Å². The van der Waals surface area contributed by atoms with E-state index < -0.39 is 0 Å². The van der Waals surface area contributed by atoms with Gasteiger partial charge in [0.25, 0.3) is 0 Å². The topological polar surface area (TPSA) is 97.8 Å². The van der Waals surface area contributed by atoms with Crippen molar-refractivity contribution in [3.63, 3.8) is 0 Å². The fourth-order valence-corrected chi connectivity index (χ4v) is 3.21. The molecule has 0 atom stereocenters. The van der Waals surface area contributed by atoms with E-state index in [0.29, 0.717) is 22.0 Å². The van der Waals surface area contributed by atoms with Crippen molar-refractivity contribution in [2.45, 2.75) is 0 Å². The minimum Gasteiger partial charge on any atom is -0.508 e. The predicted molar refractivity (Wildman–Crippen MR) is 126 cm³/mol. The third-order valence-electron chi connectivity index (χ3n) is 4.01. The van der Waals surface area contributed by atoms with Crippen LogP contribution in [0, 0.1) is 0 Å². The minimum atomic E-state index is -0.110. The fourth-order valence-electron chi connectivity index (χ4n) is 2.55. The number of phenols is 3. The van der Waals surface area contributed by atoms with Crippen molar-refractivity contribution in [2.24, 2.45) is 15.2 Å². The van der Waals surface area contributed by atoms with Gasteiger partial charge in [-0.3, -0.25) is 0 Å². The Morgan fingerprint density at radius 1 is 0.900 bits per heavy atom. The van der Waals surface area contributed by atoms with Crippen LogP contribution in [0.5, 0.6) is 17.2 Å². The van der Waals surface area contributed by atoms with E-state index >= 15 is 0 Å². The Morgan fingerprint density at radius 3 is 2.37 bits per heavy atom. The normalized spacial score (nSPS) is 12.5. The quantitative estimate of drug-likeness (QED) is 0.271. The van der Waals surface area contributed by atoms with Gasteiger partial charge in [-0.25, -0.2) is 4.99 Å². The number of hydrogen-bond acceptors (Lipinski definition) is 6. The van der Waals surface area contributed by atoms with E-state index in [2.05, 4.69) is 31.1 Å². The summed E-state index contributed by atoms with van der Waals surface area (Å²) in [5, 5.41) is 38.8. The summed E-state index contributed by atoms with van der Waals surface area (Å²) in [7, 11) is 0. The van der Waals surface area contributed by atoms with Gasteiger partial charge in [-0.15, -0.1) is 10.2 Å². The molecule has 30 heavy (non-hydrogen) atoms. The van der Waals surface area contributed by atoms with Gasteiger partial charge in [0.1, 0.15) is 23.0 Å². The molecule has 3 rings (SSSR count). The lowest BCUT2D eigenvalue weighted by Gasteiger charge is -2.08. The SMILES string of the molecule is CSC(=N\N=C(/c1ccccc1)c1ccc(O)cc1O)/N=C/c1cc(Br)ccc1O. The first-order valence-electron chi connectivity index (χ1n) is 8.78. The van der Waals surface area contributed by atoms with Crippen LogP contribution in [0.15, 0.2) is 86.4 Å². The Kier molecular flexibility index (Phi) is 7.26. The van der Waals surface area contributed by atoms with E-state index in [9.17, 15) is 15.3 Å². The first-order chi connectivity index (χ1) is 14.5. The fraction of sp³-hybridized carbons (Fsp3) is 0.0455. The molecule has 152 valence electrons. The number of aromatic hydroxyl groups is 3. The molecule has 0 fully saturated rings. The number of benzene rings is 3. The average Bonchev–Trinajstić information content (AvgIpc) is 2.74. The number of aliphatic imine (C=N–C) groups is 1. The molecular formula is C22H18BrN3O3S. The molecule has 0 aliphatic heterocycles. The molecule has 8 heteroatoms. The summed E-state index contributed by atoms with van der Waals surface area (Å²) < 4.78 is 0.816. The summed E-state index contributed by atoms with van der Waals surface area (Å²) in [5.74, 6) is -0.0543. The Bertz CT molecular complexity index is 1130. The highest BCUT2D eigenvalue weighted by Crippen LogP contribution is 2.26. The molecular weight excluding hydrogens is 466 g/mol. The Morgan fingerprint density at radius 2 is 1.67 bits per heavy atom. The third-order valence-corrected chi connectivity index (χ3v) is 5.05. The lowest BCUT2D eigenvalue weighted by atomic mass is 10.0. The van der Waals surface area contributed by atoms with Crippen LogP contribution in [0.3, 0.4) is 0 Å². The second-order valence-electron chi connectivity index (χ2n) is 6.06. The molecule has 0 aliphatic carbocycles. The molecule has 6 nitrogen and oxygen atoms in total. The smallest absolute Gasteiger partial charge is 0.208 e. The Hall–Kier alpha value is -3.10. The lowest BCUT2D eigenvalue weighted by molar-refractivity contribution is 0.450. The van der Waals surface area contributed by atoms with Crippen LogP contribution in [0.4, 0.5) is 0 Å². The standard InChI is InChI=1S/C22H18BrN3O3S/c1-30-22(24-13-15-11-16(23)7-10-19(15)28)26-25-21(14-5-3-2-4-6-14)18-9-8-17(27)12-20(18)29/h2-13,27-29H,1H3/b24-13+,25-21+,26-22-. The van der Waals surface area contributed by atoms with Crippen LogP contribution in [0.2, 0.25) is 0 Å². The van der Waals surface area contributed by atoms with Gasteiger partial charge in [-0.2, -0.15) is 0 Å². The van der Waals surface area contributed by atoms with Gasteiger partial charge in [-0.05, 0) is 36.6 Å². The molecule has 3 aromatic carbocycles. The molecule has 0 spiro atoms. The molecule has 0 aromatic heterocycles. The van der Waals surface area contributed by atoms with Crippen molar-refractivity contribution in [1.29, 1.82) is 0 Å². The molecule has 3 aromatic rings. The number of phenolic OH excluding ortho intramolecular Hbond substituents is 3. The maximum atomic E-state index is 10.3. The zero-order chi connectivity index (χ0) is 21.5. The molecule has 0 bridgehead atoms. The Labute approximate surface area is 186 Å². The zero-order valence-corrected chi connectivity index (χ0v) is 18.3. The molecule has 0 aliphatic rings. The van der Waals surface area contributed by atoms with E-state index in [0.717, 1.165) is 10.0 Å². The number of hydrogen-bond donors (Lipinski definition) is 3. The predicted octanol–water partition coefficient (Wildman–Crippen LogP) is 5.16. The van der Waals surface area contributed by atoms with Crippen LogP contribution >= 0.6 is 27.7 Å². The summed E-state index contributed by atoms with van der Waals surface area (Å²) >= 11 is 4.65. The Balaban J connectivity index is 2.01. The van der Waals surface area contributed by atoms with Gasteiger partial charge in [0.15, 0.2) is 0 Å². The lowest BCUT2D eigenvalue weighted by Crippen LogP contribution is -2.03. The zero-order valence-electron chi connectivity index (χ0n) is 15.9. The van der Waals surface area contributed by atoms with Gasteiger partial charge >= 0.3 is 0 Å². The summed E-state index contributed by atoms with van der Waals surface area (Å²) in [5.41, 5.74) is 2.14. The maximum absolute atomic E-state index is 10.3. The second kappa shape index (κ2) is 10.1. The largest absolute Gasteiger partial charge is 0.508 e.